The van der Waals surface area contributed by atoms with E-state index in [1.807, 2.05) is 17.5 Å². The number of ether oxygens (including phenoxy) is 1. The molecule has 0 N–H and O–H groups in total. The van der Waals surface area contributed by atoms with Crippen molar-refractivity contribution in [3.63, 3.8) is 0 Å². The van der Waals surface area contributed by atoms with E-state index in [1.54, 1.807) is 30.8 Å². The highest BCUT2D eigenvalue weighted by Crippen LogP contribution is 2.21. The van der Waals surface area contributed by atoms with Crippen LogP contribution < -0.4 is 0 Å². The summed E-state index contributed by atoms with van der Waals surface area (Å²) in [5.41, 5.74) is 2.09. The van der Waals surface area contributed by atoms with Crippen LogP contribution in [-0.2, 0) is 11.3 Å². The lowest BCUT2D eigenvalue weighted by atomic mass is 10.2. The molecule has 14 heavy (non-hydrogen) atoms. The maximum atomic E-state index is 5.01. The zero-order valence-electron chi connectivity index (χ0n) is 7.80. The number of hydrogen-bond donors (Lipinski definition) is 0. The molecule has 0 radical (unpaired) electrons. The molecule has 0 fully saturated rings. The molecule has 3 nitrogen and oxygen atoms in total. The average molecular weight is 206 g/mol. The molecule has 0 amide bonds. The standard InChI is InChI=1S/C10H10N2OS/c1-13-6-10-12-9(7-14-10)8-2-4-11-5-3-8/h2-5,7H,6H2,1H3. The smallest absolute Gasteiger partial charge is 0.119 e. The van der Waals surface area contributed by atoms with Gasteiger partial charge in [-0.2, -0.15) is 0 Å². The van der Waals surface area contributed by atoms with Gasteiger partial charge in [0.05, 0.1) is 12.3 Å². The fraction of sp³-hybridized carbons (Fsp3) is 0.200. The maximum absolute atomic E-state index is 5.01. The van der Waals surface area contributed by atoms with Crippen LogP contribution in [0, 0.1) is 0 Å². The van der Waals surface area contributed by atoms with Crippen molar-refractivity contribution in [2.45, 2.75) is 6.61 Å². The number of pyridine rings is 1. The lowest BCUT2D eigenvalue weighted by Gasteiger charge is -1.94. The molecule has 0 saturated heterocycles. The van der Waals surface area contributed by atoms with Gasteiger partial charge in [0.15, 0.2) is 0 Å². The molecule has 2 aromatic rings. The summed E-state index contributed by atoms with van der Waals surface area (Å²) in [4.78, 5) is 8.40. The zero-order valence-corrected chi connectivity index (χ0v) is 8.62. The van der Waals surface area contributed by atoms with Gasteiger partial charge in [-0.05, 0) is 12.1 Å². The maximum Gasteiger partial charge on any atom is 0.119 e. The second-order valence-corrected chi connectivity index (χ2v) is 3.74. The number of rotatable bonds is 3. The highest BCUT2D eigenvalue weighted by molar-refractivity contribution is 7.09. The Morgan fingerprint density at radius 2 is 2.14 bits per heavy atom. The van der Waals surface area contributed by atoms with Gasteiger partial charge >= 0.3 is 0 Å². The summed E-state index contributed by atoms with van der Waals surface area (Å²) in [5, 5.41) is 3.03. The van der Waals surface area contributed by atoms with Crippen molar-refractivity contribution < 1.29 is 4.74 Å². The zero-order chi connectivity index (χ0) is 9.80. The molecule has 0 atom stereocenters. The Morgan fingerprint density at radius 1 is 1.36 bits per heavy atom. The summed E-state index contributed by atoms with van der Waals surface area (Å²) in [6.45, 7) is 0.579. The molecule has 2 aromatic heterocycles. The fourth-order valence-electron chi connectivity index (χ4n) is 1.16. The molecule has 0 aliphatic heterocycles. The van der Waals surface area contributed by atoms with E-state index in [4.69, 9.17) is 4.74 Å². The van der Waals surface area contributed by atoms with Crippen LogP contribution in [0.25, 0.3) is 11.3 Å². The van der Waals surface area contributed by atoms with Gasteiger partial charge in [-0.3, -0.25) is 4.98 Å². The van der Waals surface area contributed by atoms with Crippen molar-refractivity contribution >= 4 is 11.3 Å². The lowest BCUT2D eigenvalue weighted by Crippen LogP contribution is -1.85. The first-order valence-electron chi connectivity index (χ1n) is 4.24. The summed E-state index contributed by atoms with van der Waals surface area (Å²) < 4.78 is 5.01. The monoisotopic (exact) mass is 206 g/mol. The molecular formula is C10H10N2OS. The molecule has 4 heteroatoms. The van der Waals surface area contributed by atoms with Crippen molar-refractivity contribution in [1.29, 1.82) is 0 Å². The van der Waals surface area contributed by atoms with Crippen LogP contribution in [0.2, 0.25) is 0 Å². The summed E-state index contributed by atoms with van der Waals surface area (Å²) in [7, 11) is 1.67. The third-order valence-corrected chi connectivity index (χ3v) is 2.62. The molecule has 2 rings (SSSR count). The van der Waals surface area contributed by atoms with Crippen LogP contribution in [0.3, 0.4) is 0 Å². The van der Waals surface area contributed by atoms with Gasteiger partial charge in [-0.15, -0.1) is 11.3 Å². The normalized spacial score (nSPS) is 10.4. The first-order chi connectivity index (χ1) is 6.90. The topological polar surface area (TPSA) is 35.0 Å². The quantitative estimate of drug-likeness (QED) is 0.773. The van der Waals surface area contributed by atoms with Crippen molar-refractivity contribution in [1.82, 2.24) is 9.97 Å². The Kier molecular flexibility index (Phi) is 2.86. The molecule has 0 unspecified atom stereocenters. The summed E-state index contributed by atoms with van der Waals surface area (Å²) in [5.74, 6) is 0. The minimum absolute atomic E-state index is 0.579. The Balaban J connectivity index is 2.25. The van der Waals surface area contributed by atoms with E-state index >= 15 is 0 Å². The molecule has 0 spiro atoms. The number of hydrogen-bond acceptors (Lipinski definition) is 4. The molecular weight excluding hydrogens is 196 g/mol. The third-order valence-electron chi connectivity index (χ3n) is 1.80. The molecule has 72 valence electrons. The van der Waals surface area contributed by atoms with Crippen LogP contribution in [0.4, 0.5) is 0 Å². The van der Waals surface area contributed by atoms with E-state index in [9.17, 15) is 0 Å². The van der Waals surface area contributed by atoms with Crippen molar-refractivity contribution in [3.8, 4) is 11.3 Å². The van der Waals surface area contributed by atoms with Gasteiger partial charge in [-0.25, -0.2) is 4.98 Å². The van der Waals surface area contributed by atoms with Gasteiger partial charge in [0, 0.05) is 30.4 Å². The summed E-state index contributed by atoms with van der Waals surface area (Å²) in [6, 6.07) is 3.90. The second kappa shape index (κ2) is 4.30. The molecule has 0 aromatic carbocycles. The third kappa shape index (κ3) is 1.97. The van der Waals surface area contributed by atoms with Crippen LogP contribution >= 0.6 is 11.3 Å². The predicted octanol–water partition coefficient (Wildman–Crippen LogP) is 2.35. The fourth-order valence-corrected chi connectivity index (χ4v) is 1.93. The largest absolute Gasteiger partial charge is 0.378 e. The Morgan fingerprint density at radius 3 is 2.86 bits per heavy atom. The average Bonchev–Trinajstić information content (AvgIpc) is 2.68. The Labute approximate surface area is 86.4 Å². The number of thiazole rings is 1. The van der Waals surface area contributed by atoms with Crippen molar-refractivity contribution in [3.05, 3.63) is 34.9 Å². The minimum atomic E-state index is 0.579. The van der Waals surface area contributed by atoms with Gasteiger partial charge in [0.2, 0.25) is 0 Å². The Hall–Kier alpha value is -1.26. The van der Waals surface area contributed by atoms with E-state index in [2.05, 4.69) is 9.97 Å². The second-order valence-electron chi connectivity index (χ2n) is 2.80. The van der Waals surface area contributed by atoms with Crippen LogP contribution in [0.5, 0.6) is 0 Å². The molecule has 0 bridgehead atoms. The van der Waals surface area contributed by atoms with Crippen LogP contribution in [0.15, 0.2) is 29.9 Å². The van der Waals surface area contributed by atoms with E-state index in [1.165, 1.54) is 0 Å². The Bertz CT molecular complexity index is 400. The highest BCUT2D eigenvalue weighted by Gasteiger charge is 2.02. The number of methoxy groups -OCH3 is 1. The number of nitrogens with zero attached hydrogens (tertiary/aromatic N) is 2. The molecule has 0 aliphatic carbocycles. The molecule has 2 heterocycles. The lowest BCUT2D eigenvalue weighted by molar-refractivity contribution is 0.184. The van der Waals surface area contributed by atoms with Crippen LogP contribution in [0.1, 0.15) is 5.01 Å². The van der Waals surface area contributed by atoms with Gasteiger partial charge in [0.25, 0.3) is 0 Å². The first-order valence-corrected chi connectivity index (χ1v) is 5.12. The molecule has 0 saturated carbocycles. The van der Waals surface area contributed by atoms with Crippen molar-refractivity contribution in [2.24, 2.45) is 0 Å². The number of aromatic nitrogens is 2. The summed E-state index contributed by atoms with van der Waals surface area (Å²) in [6.07, 6.45) is 3.54. The predicted molar refractivity (Wildman–Crippen MR) is 56.1 cm³/mol. The van der Waals surface area contributed by atoms with Gasteiger partial charge in [0.1, 0.15) is 5.01 Å². The molecule has 0 aliphatic rings. The van der Waals surface area contributed by atoms with Gasteiger partial charge < -0.3 is 4.74 Å². The summed E-state index contributed by atoms with van der Waals surface area (Å²) >= 11 is 1.61. The van der Waals surface area contributed by atoms with E-state index in [0.717, 1.165) is 16.3 Å². The van der Waals surface area contributed by atoms with Crippen molar-refractivity contribution in [2.75, 3.05) is 7.11 Å². The van der Waals surface area contributed by atoms with Crippen LogP contribution in [-0.4, -0.2) is 17.1 Å². The van der Waals surface area contributed by atoms with E-state index in [-0.39, 0.29) is 0 Å². The highest BCUT2D eigenvalue weighted by atomic mass is 32.1. The van der Waals surface area contributed by atoms with E-state index < -0.39 is 0 Å². The minimum Gasteiger partial charge on any atom is -0.378 e. The first kappa shape index (κ1) is 9.30. The SMILES string of the molecule is COCc1nc(-c2ccncc2)cs1. The van der Waals surface area contributed by atoms with E-state index in [0.29, 0.717) is 6.61 Å². The van der Waals surface area contributed by atoms with Gasteiger partial charge in [-0.1, -0.05) is 0 Å².